The van der Waals surface area contributed by atoms with Crippen LogP contribution < -0.4 is 4.90 Å². The standard InChI is InChI=1S/C21H22FN3/c22-18-12-6-4-10-16(18)20-23-19-13-7-5-11-17(19)21(24-20)25-14-8-2-1-3-9-15-25/h4-7,10-13H,1-3,8-9,14-15H2. The van der Waals surface area contributed by atoms with Crippen LogP contribution in [0.5, 0.6) is 0 Å². The summed E-state index contributed by atoms with van der Waals surface area (Å²) >= 11 is 0. The van der Waals surface area contributed by atoms with Gasteiger partial charge < -0.3 is 4.90 Å². The van der Waals surface area contributed by atoms with Crippen LogP contribution in [-0.2, 0) is 0 Å². The highest BCUT2D eigenvalue weighted by Gasteiger charge is 2.17. The molecule has 1 fully saturated rings. The van der Waals surface area contributed by atoms with Gasteiger partial charge in [-0.25, -0.2) is 14.4 Å². The number of anilines is 1. The van der Waals surface area contributed by atoms with Crippen molar-refractivity contribution >= 4 is 16.7 Å². The minimum Gasteiger partial charge on any atom is -0.356 e. The van der Waals surface area contributed by atoms with Gasteiger partial charge in [-0.2, -0.15) is 0 Å². The Labute approximate surface area is 147 Å². The molecule has 0 unspecified atom stereocenters. The zero-order valence-corrected chi connectivity index (χ0v) is 14.3. The van der Waals surface area contributed by atoms with E-state index >= 15 is 0 Å². The molecule has 3 nitrogen and oxygen atoms in total. The lowest BCUT2D eigenvalue weighted by molar-refractivity contribution is 0.554. The molecule has 1 saturated heterocycles. The number of nitrogens with zero attached hydrogens (tertiary/aromatic N) is 3. The SMILES string of the molecule is Fc1ccccc1-c1nc(N2CCCCCCC2)c2ccccc2n1. The second-order valence-electron chi connectivity index (χ2n) is 6.62. The van der Waals surface area contributed by atoms with Gasteiger partial charge in [-0.05, 0) is 37.1 Å². The Kier molecular flexibility index (Phi) is 4.59. The molecule has 2 heterocycles. The molecule has 0 radical (unpaired) electrons. The summed E-state index contributed by atoms with van der Waals surface area (Å²) in [5, 5.41) is 1.04. The van der Waals surface area contributed by atoms with Gasteiger partial charge in [0.2, 0.25) is 0 Å². The molecule has 0 bridgehead atoms. The average Bonchev–Trinajstić information content (AvgIpc) is 2.61. The number of benzene rings is 2. The van der Waals surface area contributed by atoms with E-state index in [1.807, 2.05) is 24.3 Å². The Bertz CT molecular complexity index is 870. The summed E-state index contributed by atoms with van der Waals surface area (Å²) in [6.07, 6.45) is 6.19. The highest BCUT2D eigenvalue weighted by atomic mass is 19.1. The van der Waals surface area contributed by atoms with Gasteiger partial charge in [0.1, 0.15) is 11.6 Å². The van der Waals surface area contributed by atoms with E-state index in [0.717, 1.165) is 29.8 Å². The molecule has 4 heteroatoms. The maximum Gasteiger partial charge on any atom is 0.165 e. The van der Waals surface area contributed by atoms with Gasteiger partial charge in [0.05, 0.1) is 11.1 Å². The first kappa shape index (κ1) is 16.0. The van der Waals surface area contributed by atoms with E-state index in [4.69, 9.17) is 4.98 Å². The van der Waals surface area contributed by atoms with E-state index in [1.165, 1.54) is 38.2 Å². The molecule has 128 valence electrons. The zero-order valence-electron chi connectivity index (χ0n) is 14.3. The summed E-state index contributed by atoms with van der Waals surface area (Å²) in [6, 6.07) is 14.8. The van der Waals surface area contributed by atoms with Gasteiger partial charge in [0.15, 0.2) is 5.82 Å². The van der Waals surface area contributed by atoms with E-state index in [2.05, 4.69) is 16.0 Å². The first-order chi connectivity index (χ1) is 12.3. The summed E-state index contributed by atoms with van der Waals surface area (Å²) in [7, 11) is 0. The molecule has 3 aromatic rings. The molecule has 0 aliphatic carbocycles. The van der Waals surface area contributed by atoms with E-state index in [0.29, 0.717) is 11.4 Å². The van der Waals surface area contributed by atoms with E-state index in [9.17, 15) is 4.39 Å². The second-order valence-corrected chi connectivity index (χ2v) is 6.62. The van der Waals surface area contributed by atoms with Crippen molar-refractivity contribution in [1.82, 2.24) is 9.97 Å². The number of hydrogen-bond donors (Lipinski definition) is 0. The van der Waals surface area contributed by atoms with Crippen LogP contribution in [0.4, 0.5) is 10.2 Å². The topological polar surface area (TPSA) is 29.0 Å². The largest absolute Gasteiger partial charge is 0.356 e. The fraction of sp³-hybridized carbons (Fsp3) is 0.333. The molecular formula is C21H22FN3. The van der Waals surface area contributed by atoms with Crippen molar-refractivity contribution in [2.24, 2.45) is 0 Å². The number of halogens is 1. The van der Waals surface area contributed by atoms with E-state index in [-0.39, 0.29) is 5.82 Å². The van der Waals surface area contributed by atoms with E-state index < -0.39 is 0 Å². The molecule has 0 atom stereocenters. The van der Waals surface area contributed by atoms with Crippen LogP contribution in [0.1, 0.15) is 32.1 Å². The summed E-state index contributed by atoms with van der Waals surface area (Å²) in [5.41, 5.74) is 1.33. The molecule has 0 saturated carbocycles. The lowest BCUT2D eigenvalue weighted by Gasteiger charge is -2.27. The summed E-state index contributed by atoms with van der Waals surface area (Å²) in [4.78, 5) is 11.8. The van der Waals surface area contributed by atoms with Crippen molar-refractivity contribution in [3.63, 3.8) is 0 Å². The molecule has 4 rings (SSSR count). The molecular weight excluding hydrogens is 313 g/mol. The molecule has 1 aliphatic heterocycles. The first-order valence-electron chi connectivity index (χ1n) is 9.09. The normalized spacial score (nSPS) is 15.8. The third-order valence-electron chi connectivity index (χ3n) is 4.85. The highest BCUT2D eigenvalue weighted by Crippen LogP contribution is 2.29. The van der Waals surface area contributed by atoms with Crippen LogP contribution in [0, 0.1) is 5.82 Å². The van der Waals surface area contributed by atoms with Crippen LogP contribution in [-0.4, -0.2) is 23.1 Å². The predicted octanol–water partition coefficient (Wildman–Crippen LogP) is 5.21. The molecule has 0 N–H and O–H groups in total. The zero-order chi connectivity index (χ0) is 17.1. The third kappa shape index (κ3) is 3.34. The molecule has 1 aromatic heterocycles. The van der Waals surface area contributed by atoms with E-state index in [1.54, 1.807) is 12.1 Å². The van der Waals surface area contributed by atoms with Gasteiger partial charge in [0.25, 0.3) is 0 Å². The molecule has 2 aromatic carbocycles. The monoisotopic (exact) mass is 335 g/mol. The maximum atomic E-state index is 14.3. The minimum atomic E-state index is -0.281. The highest BCUT2D eigenvalue weighted by molar-refractivity contribution is 5.91. The number of hydrogen-bond acceptors (Lipinski definition) is 3. The predicted molar refractivity (Wildman–Crippen MR) is 100 cm³/mol. The van der Waals surface area contributed by atoms with Gasteiger partial charge in [0, 0.05) is 18.5 Å². The molecule has 25 heavy (non-hydrogen) atoms. The second kappa shape index (κ2) is 7.18. The van der Waals surface area contributed by atoms with Crippen LogP contribution in [0.2, 0.25) is 0 Å². The Hall–Kier alpha value is -2.49. The lowest BCUT2D eigenvalue weighted by atomic mass is 10.1. The van der Waals surface area contributed by atoms with Crippen LogP contribution in [0.3, 0.4) is 0 Å². The smallest absolute Gasteiger partial charge is 0.165 e. The molecule has 1 aliphatic rings. The van der Waals surface area contributed by atoms with Crippen molar-refractivity contribution < 1.29 is 4.39 Å². The summed E-state index contributed by atoms with van der Waals surface area (Å²) < 4.78 is 14.3. The first-order valence-corrected chi connectivity index (χ1v) is 9.09. The summed E-state index contributed by atoms with van der Waals surface area (Å²) in [5.74, 6) is 1.12. The van der Waals surface area contributed by atoms with Crippen LogP contribution in [0.15, 0.2) is 48.5 Å². The average molecular weight is 335 g/mol. The number of para-hydroxylation sites is 1. The minimum absolute atomic E-state index is 0.281. The van der Waals surface area contributed by atoms with Crippen molar-refractivity contribution in [2.75, 3.05) is 18.0 Å². The van der Waals surface area contributed by atoms with Gasteiger partial charge in [-0.1, -0.05) is 43.5 Å². The van der Waals surface area contributed by atoms with Crippen molar-refractivity contribution in [3.05, 3.63) is 54.3 Å². The van der Waals surface area contributed by atoms with Crippen molar-refractivity contribution in [2.45, 2.75) is 32.1 Å². The van der Waals surface area contributed by atoms with Crippen LogP contribution in [0.25, 0.3) is 22.3 Å². The Morgan fingerprint density at radius 2 is 1.44 bits per heavy atom. The number of aromatic nitrogens is 2. The lowest BCUT2D eigenvalue weighted by Crippen LogP contribution is -2.28. The molecule has 0 spiro atoms. The Balaban J connectivity index is 1.85. The summed E-state index contributed by atoms with van der Waals surface area (Å²) in [6.45, 7) is 2.00. The number of fused-ring (bicyclic) bond motifs is 1. The third-order valence-corrected chi connectivity index (χ3v) is 4.85. The van der Waals surface area contributed by atoms with Crippen molar-refractivity contribution in [1.29, 1.82) is 0 Å². The number of rotatable bonds is 2. The maximum absolute atomic E-state index is 14.3. The van der Waals surface area contributed by atoms with Gasteiger partial charge in [-0.3, -0.25) is 0 Å². The van der Waals surface area contributed by atoms with Gasteiger partial charge in [-0.15, -0.1) is 0 Å². The Morgan fingerprint density at radius 1 is 0.760 bits per heavy atom. The van der Waals surface area contributed by atoms with Gasteiger partial charge >= 0.3 is 0 Å². The fourth-order valence-electron chi connectivity index (χ4n) is 3.52. The van der Waals surface area contributed by atoms with Crippen molar-refractivity contribution in [3.8, 4) is 11.4 Å². The molecule has 0 amide bonds. The Morgan fingerprint density at radius 3 is 2.24 bits per heavy atom. The quantitative estimate of drug-likeness (QED) is 0.644. The van der Waals surface area contributed by atoms with Crippen LogP contribution >= 0.6 is 0 Å². The fourth-order valence-corrected chi connectivity index (χ4v) is 3.52.